The van der Waals surface area contributed by atoms with E-state index in [1.54, 1.807) is 0 Å². The van der Waals surface area contributed by atoms with Gasteiger partial charge < -0.3 is 9.72 Å². The Kier molecular flexibility index (Phi) is 4.47. The largest absolute Gasteiger partial charge is 0.381 e. The van der Waals surface area contributed by atoms with Gasteiger partial charge in [-0.15, -0.1) is 0 Å². The van der Waals surface area contributed by atoms with Crippen LogP contribution in [0.4, 0.5) is 0 Å². The smallest absolute Gasteiger partial charge is 0.124 e. The van der Waals surface area contributed by atoms with Gasteiger partial charge in [-0.3, -0.25) is 0 Å². The van der Waals surface area contributed by atoms with Crippen LogP contribution in [0, 0.1) is 0 Å². The molecule has 2 fully saturated rings. The third-order valence-corrected chi connectivity index (χ3v) is 5.43. The molecule has 1 saturated heterocycles. The maximum Gasteiger partial charge on any atom is 0.124 e. The standard InChI is InChI=1S/C11H23NOSi/c1-2-6-10(7-3-1)12-14-11-8-4-5-9-13-11/h10-12H,1-9,14H2. The van der Waals surface area contributed by atoms with E-state index in [4.69, 9.17) is 4.74 Å². The molecular weight excluding hydrogens is 190 g/mol. The highest BCUT2D eigenvalue weighted by molar-refractivity contribution is 6.34. The van der Waals surface area contributed by atoms with E-state index in [1.807, 2.05) is 0 Å². The van der Waals surface area contributed by atoms with Crippen LogP contribution in [-0.2, 0) is 4.74 Å². The molecule has 0 amide bonds. The topological polar surface area (TPSA) is 21.3 Å². The Morgan fingerprint density at radius 3 is 2.43 bits per heavy atom. The first-order valence-corrected chi connectivity index (χ1v) is 7.82. The number of nitrogens with one attached hydrogen (secondary N) is 1. The molecule has 1 aliphatic heterocycles. The SMILES string of the molecule is C1CCC(N[SiH2]C2CCCCO2)CC1. The van der Waals surface area contributed by atoms with Crippen molar-refractivity contribution in [1.29, 1.82) is 0 Å². The highest BCUT2D eigenvalue weighted by Crippen LogP contribution is 2.17. The molecule has 0 radical (unpaired) electrons. The lowest BCUT2D eigenvalue weighted by Gasteiger charge is -2.27. The second-order valence-electron chi connectivity index (χ2n) is 4.73. The summed E-state index contributed by atoms with van der Waals surface area (Å²) in [5.41, 5.74) is 0.644. The van der Waals surface area contributed by atoms with E-state index < -0.39 is 0 Å². The molecule has 1 atom stereocenters. The molecule has 3 heteroatoms. The number of rotatable bonds is 3. The van der Waals surface area contributed by atoms with Gasteiger partial charge in [0.05, 0.1) is 5.73 Å². The first-order valence-electron chi connectivity index (χ1n) is 6.30. The van der Waals surface area contributed by atoms with Crippen molar-refractivity contribution in [3.05, 3.63) is 0 Å². The van der Waals surface area contributed by atoms with Gasteiger partial charge in [0.2, 0.25) is 0 Å². The summed E-state index contributed by atoms with van der Waals surface area (Å²) >= 11 is 0. The Morgan fingerprint density at radius 2 is 1.71 bits per heavy atom. The molecule has 2 nitrogen and oxygen atoms in total. The molecule has 0 aromatic carbocycles. The van der Waals surface area contributed by atoms with Gasteiger partial charge in [-0.1, -0.05) is 19.3 Å². The van der Waals surface area contributed by atoms with Crippen molar-refractivity contribution in [2.75, 3.05) is 6.61 Å². The predicted molar refractivity (Wildman–Crippen MR) is 62.1 cm³/mol. The summed E-state index contributed by atoms with van der Waals surface area (Å²) in [4.78, 5) is 3.81. The number of hydrogen-bond donors (Lipinski definition) is 1. The average molecular weight is 213 g/mol. The van der Waals surface area contributed by atoms with Crippen molar-refractivity contribution in [3.8, 4) is 0 Å². The van der Waals surface area contributed by atoms with Crippen molar-refractivity contribution in [2.24, 2.45) is 0 Å². The zero-order chi connectivity index (χ0) is 9.64. The Balaban J connectivity index is 1.60. The molecule has 14 heavy (non-hydrogen) atoms. The molecule has 2 aliphatic rings. The van der Waals surface area contributed by atoms with Gasteiger partial charge in [0.1, 0.15) is 9.68 Å². The van der Waals surface area contributed by atoms with Crippen LogP contribution in [0.2, 0.25) is 0 Å². The van der Waals surface area contributed by atoms with Crippen LogP contribution in [0.15, 0.2) is 0 Å². The van der Waals surface area contributed by atoms with Gasteiger partial charge in [0, 0.05) is 12.6 Å². The molecule has 0 bridgehead atoms. The van der Waals surface area contributed by atoms with Crippen LogP contribution in [0.3, 0.4) is 0 Å². The van der Waals surface area contributed by atoms with Crippen LogP contribution >= 0.6 is 0 Å². The maximum absolute atomic E-state index is 5.77. The fourth-order valence-electron chi connectivity index (χ4n) is 2.57. The van der Waals surface area contributed by atoms with Crippen LogP contribution < -0.4 is 4.98 Å². The third-order valence-electron chi connectivity index (χ3n) is 3.51. The zero-order valence-corrected chi connectivity index (χ0v) is 10.5. The van der Waals surface area contributed by atoms with Gasteiger partial charge in [-0.2, -0.15) is 0 Å². The second-order valence-corrected chi connectivity index (χ2v) is 6.46. The number of ether oxygens (including phenoxy) is 1. The quantitative estimate of drug-likeness (QED) is 0.718. The number of hydrogen-bond acceptors (Lipinski definition) is 2. The fourth-order valence-corrected chi connectivity index (χ4v) is 4.36. The maximum atomic E-state index is 5.77. The monoisotopic (exact) mass is 213 g/mol. The molecule has 1 N–H and O–H groups in total. The normalized spacial score (nSPS) is 31.3. The minimum Gasteiger partial charge on any atom is -0.381 e. The Bertz CT molecular complexity index is 135. The van der Waals surface area contributed by atoms with E-state index >= 15 is 0 Å². The summed E-state index contributed by atoms with van der Waals surface area (Å²) in [6.07, 6.45) is 11.2. The van der Waals surface area contributed by atoms with E-state index in [0.29, 0.717) is 5.73 Å². The van der Waals surface area contributed by atoms with E-state index in [2.05, 4.69) is 4.98 Å². The van der Waals surface area contributed by atoms with E-state index in [0.717, 1.165) is 12.6 Å². The van der Waals surface area contributed by atoms with Gasteiger partial charge in [0.25, 0.3) is 0 Å². The van der Waals surface area contributed by atoms with E-state index in [9.17, 15) is 0 Å². The summed E-state index contributed by atoms with van der Waals surface area (Å²) in [7, 11) is -0.152. The minimum absolute atomic E-state index is 0.152. The Hall–Kier alpha value is 0.137. The van der Waals surface area contributed by atoms with Gasteiger partial charge in [-0.05, 0) is 32.1 Å². The van der Waals surface area contributed by atoms with Gasteiger partial charge in [0.15, 0.2) is 0 Å². The second kappa shape index (κ2) is 5.88. The lowest BCUT2D eigenvalue weighted by molar-refractivity contribution is 0.0637. The summed E-state index contributed by atoms with van der Waals surface area (Å²) < 4.78 is 5.77. The molecular formula is C11H23NOSi. The first-order chi connectivity index (χ1) is 6.95. The van der Waals surface area contributed by atoms with Crippen molar-refractivity contribution >= 4 is 9.68 Å². The molecule has 1 aliphatic carbocycles. The molecule has 0 aromatic heterocycles. The molecule has 0 aromatic rings. The molecule has 1 heterocycles. The highest BCUT2D eigenvalue weighted by atomic mass is 28.2. The average Bonchev–Trinajstić information content (AvgIpc) is 2.29. The van der Waals surface area contributed by atoms with Gasteiger partial charge in [-0.25, -0.2) is 0 Å². The third kappa shape index (κ3) is 3.37. The van der Waals surface area contributed by atoms with Crippen molar-refractivity contribution < 1.29 is 4.74 Å². The zero-order valence-electron chi connectivity index (χ0n) is 9.13. The lowest BCUT2D eigenvalue weighted by Crippen LogP contribution is -2.42. The van der Waals surface area contributed by atoms with Crippen molar-refractivity contribution in [2.45, 2.75) is 63.1 Å². The first kappa shape index (κ1) is 10.6. The summed E-state index contributed by atoms with van der Waals surface area (Å²) in [6, 6.07) is 0.848. The fraction of sp³-hybridized carbons (Fsp3) is 1.00. The summed E-state index contributed by atoms with van der Waals surface area (Å²) in [6.45, 7) is 1.02. The molecule has 82 valence electrons. The molecule has 2 rings (SSSR count). The van der Waals surface area contributed by atoms with Crippen LogP contribution in [0.1, 0.15) is 51.4 Å². The van der Waals surface area contributed by atoms with Gasteiger partial charge >= 0.3 is 0 Å². The van der Waals surface area contributed by atoms with Crippen LogP contribution in [-0.4, -0.2) is 28.1 Å². The molecule has 1 saturated carbocycles. The minimum atomic E-state index is -0.152. The van der Waals surface area contributed by atoms with E-state index in [1.165, 1.54) is 51.4 Å². The Labute approximate surface area is 89.7 Å². The lowest BCUT2D eigenvalue weighted by atomic mass is 9.96. The molecule has 1 unspecified atom stereocenters. The predicted octanol–water partition coefficient (Wildman–Crippen LogP) is 1.52. The van der Waals surface area contributed by atoms with Crippen molar-refractivity contribution in [3.63, 3.8) is 0 Å². The van der Waals surface area contributed by atoms with Crippen LogP contribution in [0.5, 0.6) is 0 Å². The Morgan fingerprint density at radius 1 is 0.929 bits per heavy atom. The van der Waals surface area contributed by atoms with E-state index in [-0.39, 0.29) is 9.68 Å². The highest BCUT2D eigenvalue weighted by Gasteiger charge is 2.17. The van der Waals surface area contributed by atoms with Crippen molar-refractivity contribution in [1.82, 2.24) is 4.98 Å². The van der Waals surface area contributed by atoms with Crippen LogP contribution in [0.25, 0.3) is 0 Å². The summed E-state index contributed by atoms with van der Waals surface area (Å²) in [5.74, 6) is 0. The molecule has 0 spiro atoms. The summed E-state index contributed by atoms with van der Waals surface area (Å²) in [5, 5.41) is 0.